The fourth-order valence-electron chi connectivity index (χ4n) is 2.58. The minimum atomic E-state index is -1.28. The normalized spacial score (nSPS) is 15.5. The molecule has 0 bridgehead atoms. The fourth-order valence-corrected chi connectivity index (χ4v) is 2.71. The van der Waals surface area contributed by atoms with Crippen LogP contribution in [-0.2, 0) is 25.7 Å². The third kappa shape index (κ3) is 4.64. The summed E-state index contributed by atoms with van der Waals surface area (Å²) >= 11 is 5.88. The molecule has 1 fully saturated rings. The van der Waals surface area contributed by atoms with Crippen molar-refractivity contribution in [2.75, 3.05) is 7.11 Å². The molecule has 1 saturated heterocycles. The maximum Gasteiger partial charge on any atom is 0.348 e. The Bertz CT molecular complexity index is 908. The molecule has 0 saturated carbocycles. The van der Waals surface area contributed by atoms with E-state index >= 15 is 0 Å². The number of benzene rings is 2. The zero-order valence-electron chi connectivity index (χ0n) is 15.7. The second kappa shape index (κ2) is 7.94. The molecule has 2 aromatic rings. The van der Waals surface area contributed by atoms with Gasteiger partial charge in [-0.05, 0) is 41.5 Å². The molecule has 1 aliphatic rings. The van der Waals surface area contributed by atoms with Gasteiger partial charge in [0.25, 0.3) is 5.79 Å². The van der Waals surface area contributed by atoms with Crippen LogP contribution in [0.1, 0.15) is 25.0 Å². The average molecular weight is 403 g/mol. The van der Waals surface area contributed by atoms with E-state index in [2.05, 4.69) is 0 Å². The molecule has 0 N–H and O–H groups in total. The smallest absolute Gasteiger partial charge is 0.348 e. The summed E-state index contributed by atoms with van der Waals surface area (Å²) in [5.74, 6) is -1.76. The first-order valence-electron chi connectivity index (χ1n) is 8.51. The Morgan fingerprint density at radius 3 is 2.25 bits per heavy atom. The van der Waals surface area contributed by atoms with E-state index < -0.39 is 17.7 Å². The molecule has 0 spiro atoms. The van der Waals surface area contributed by atoms with Gasteiger partial charge in [0.2, 0.25) is 0 Å². The molecule has 0 radical (unpaired) electrons. The monoisotopic (exact) mass is 402 g/mol. The quantitative estimate of drug-likeness (QED) is 0.425. The van der Waals surface area contributed by atoms with Crippen LogP contribution in [0.3, 0.4) is 0 Å². The molecule has 7 heteroatoms. The summed E-state index contributed by atoms with van der Waals surface area (Å²) in [7, 11) is 1.51. The van der Waals surface area contributed by atoms with Crippen molar-refractivity contribution in [1.29, 1.82) is 0 Å². The Morgan fingerprint density at radius 1 is 1.00 bits per heavy atom. The van der Waals surface area contributed by atoms with Crippen LogP contribution in [-0.4, -0.2) is 24.8 Å². The Balaban J connectivity index is 1.78. The lowest BCUT2D eigenvalue weighted by molar-refractivity contribution is -0.222. The van der Waals surface area contributed by atoms with Crippen LogP contribution in [0, 0.1) is 0 Å². The van der Waals surface area contributed by atoms with Gasteiger partial charge in [-0.25, -0.2) is 9.59 Å². The molecule has 3 rings (SSSR count). The van der Waals surface area contributed by atoms with Crippen molar-refractivity contribution in [3.05, 3.63) is 64.2 Å². The summed E-state index contributed by atoms with van der Waals surface area (Å²) in [6, 6.07) is 12.4. The van der Waals surface area contributed by atoms with Gasteiger partial charge in [-0.15, -0.1) is 0 Å². The highest BCUT2D eigenvalue weighted by atomic mass is 35.5. The molecule has 0 aliphatic carbocycles. The summed E-state index contributed by atoms with van der Waals surface area (Å²) in [5.41, 5.74) is 1.34. The number of esters is 2. The Labute approximate surface area is 167 Å². The van der Waals surface area contributed by atoms with E-state index in [-0.39, 0.29) is 5.57 Å². The standard InChI is InChI=1S/C21H19ClO6/c1-21(2)27-19(23)16(20(24)28-21)10-14-6-9-17(18(11-14)25-3)26-12-13-4-7-15(22)8-5-13/h4-11H,12H2,1-3H3. The van der Waals surface area contributed by atoms with Gasteiger partial charge in [0.15, 0.2) is 11.5 Å². The number of carbonyl (C=O) groups excluding carboxylic acids is 2. The SMILES string of the molecule is COc1cc(C=C2C(=O)OC(C)(C)OC2=O)ccc1OCc1ccc(Cl)cc1. The zero-order valence-corrected chi connectivity index (χ0v) is 16.4. The summed E-state index contributed by atoms with van der Waals surface area (Å²) < 4.78 is 21.3. The fraction of sp³-hybridized carbons (Fsp3) is 0.238. The van der Waals surface area contributed by atoms with Crippen LogP contribution in [0.2, 0.25) is 5.02 Å². The van der Waals surface area contributed by atoms with Crippen LogP contribution < -0.4 is 9.47 Å². The third-order valence-corrected chi connectivity index (χ3v) is 4.18. The molecule has 0 aromatic heterocycles. The largest absolute Gasteiger partial charge is 0.493 e. The number of ether oxygens (including phenoxy) is 4. The van der Waals surface area contributed by atoms with Gasteiger partial charge < -0.3 is 18.9 Å². The second-order valence-corrected chi connectivity index (χ2v) is 7.00. The second-order valence-electron chi connectivity index (χ2n) is 6.56. The van der Waals surface area contributed by atoms with E-state index in [4.69, 9.17) is 30.5 Å². The molecular weight excluding hydrogens is 384 g/mol. The lowest BCUT2D eigenvalue weighted by atomic mass is 10.1. The summed E-state index contributed by atoms with van der Waals surface area (Å²) in [6.45, 7) is 3.33. The first-order chi connectivity index (χ1) is 13.3. The van der Waals surface area contributed by atoms with Gasteiger partial charge in [-0.1, -0.05) is 29.8 Å². The molecule has 0 amide bonds. The average Bonchev–Trinajstić information content (AvgIpc) is 2.64. The van der Waals surface area contributed by atoms with Crippen LogP contribution in [0.5, 0.6) is 11.5 Å². The van der Waals surface area contributed by atoms with Crippen LogP contribution in [0.25, 0.3) is 6.08 Å². The Hall–Kier alpha value is -2.99. The number of cyclic esters (lactones) is 2. The number of hydrogen-bond acceptors (Lipinski definition) is 6. The lowest BCUT2D eigenvalue weighted by Crippen LogP contribution is -2.41. The molecule has 2 aromatic carbocycles. The maximum atomic E-state index is 12.1. The van der Waals surface area contributed by atoms with Crippen molar-refractivity contribution in [1.82, 2.24) is 0 Å². The van der Waals surface area contributed by atoms with E-state index in [1.807, 2.05) is 12.1 Å². The number of halogens is 1. The van der Waals surface area contributed by atoms with Crippen molar-refractivity contribution in [2.45, 2.75) is 26.2 Å². The topological polar surface area (TPSA) is 71.1 Å². The first kappa shape index (κ1) is 19.8. The van der Waals surface area contributed by atoms with E-state index in [1.165, 1.54) is 27.0 Å². The highest BCUT2D eigenvalue weighted by molar-refractivity contribution is 6.30. The molecule has 1 heterocycles. The van der Waals surface area contributed by atoms with Gasteiger partial charge in [-0.3, -0.25) is 0 Å². The van der Waals surface area contributed by atoms with Crippen molar-refractivity contribution in [3.63, 3.8) is 0 Å². The van der Waals surface area contributed by atoms with Crippen molar-refractivity contribution in [3.8, 4) is 11.5 Å². The lowest BCUT2D eigenvalue weighted by Gasteiger charge is -2.29. The number of hydrogen-bond donors (Lipinski definition) is 0. The van der Waals surface area contributed by atoms with Crippen LogP contribution >= 0.6 is 11.6 Å². The number of carbonyl (C=O) groups is 2. The predicted octanol–water partition coefficient (Wildman–Crippen LogP) is 4.15. The molecule has 0 atom stereocenters. The van der Waals surface area contributed by atoms with Crippen molar-refractivity contribution < 1.29 is 28.5 Å². The van der Waals surface area contributed by atoms with Gasteiger partial charge in [0.05, 0.1) is 7.11 Å². The van der Waals surface area contributed by atoms with Gasteiger partial charge >= 0.3 is 11.9 Å². The molecule has 1 aliphatic heterocycles. The third-order valence-electron chi connectivity index (χ3n) is 3.92. The van der Waals surface area contributed by atoms with E-state index in [1.54, 1.807) is 30.3 Å². The molecule has 146 valence electrons. The van der Waals surface area contributed by atoms with Gasteiger partial charge in [0, 0.05) is 18.9 Å². The number of rotatable bonds is 5. The Kier molecular flexibility index (Phi) is 5.61. The maximum absolute atomic E-state index is 12.1. The summed E-state index contributed by atoms with van der Waals surface area (Å²) in [6.07, 6.45) is 1.39. The highest BCUT2D eigenvalue weighted by Crippen LogP contribution is 2.31. The summed E-state index contributed by atoms with van der Waals surface area (Å²) in [5, 5.41) is 0.655. The zero-order chi connectivity index (χ0) is 20.3. The van der Waals surface area contributed by atoms with E-state index in [0.717, 1.165) is 5.56 Å². The van der Waals surface area contributed by atoms with Crippen molar-refractivity contribution >= 4 is 29.6 Å². The van der Waals surface area contributed by atoms with Crippen molar-refractivity contribution in [2.24, 2.45) is 0 Å². The highest BCUT2D eigenvalue weighted by Gasteiger charge is 2.38. The first-order valence-corrected chi connectivity index (χ1v) is 8.89. The van der Waals surface area contributed by atoms with E-state index in [9.17, 15) is 9.59 Å². The molecule has 0 unspecified atom stereocenters. The Morgan fingerprint density at radius 2 is 1.64 bits per heavy atom. The molecule has 6 nitrogen and oxygen atoms in total. The van der Waals surface area contributed by atoms with Gasteiger partial charge in [0.1, 0.15) is 12.2 Å². The molecule has 28 heavy (non-hydrogen) atoms. The van der Waals surface area contributed by atoms with Crippen LogP contribution in [0.4, 0.5) is 0 Å². The van der Waals surface area contributed by atoms with Crippen LogP contribution in [0.15, 0.2) is 48.0 Å². The molecular formula is C21H19ClO6. The minimum absolute atomic E-state index is 0.184. The minimum Gasteiger partial charge on any atom is -0.493 e. The number of methoxy groups -OCH3 is 1. The summed E-state index contributed by atoms with van der Waals surface area (Å²) in [4.78, 5) is 24.1. The van der Waals surface area contributed by atoms with E-state index in [0.29, 0.717) is 28.7 Å². The predicted molar refractivity (Wildman–Crippen MR) is 103 cm³/mol. The van der Waals surface area contributed by atoms with Gasteiger partial charge in [-0.2, -0.15) is 0 Å².